The van der Waals surface area contributed by atoms with Gasteiger partial charge in [0.2, 0.25) is 0 Å². The smallest absolute Gasteiger partial charge is 0.0495 e. The van der Waals surface area contributed by atoms with E-state index in [1.54, 1.807) is 0 Å². The second kappa shape index (κ2) is 6.41. The molecule has 0 bridgehead atoms. The fourth-order valence-corrected chi connectivity index (χ4v) is 2.99. The molecule has 1 aromatic carbocycles. The summed E-state index contributed by atoms with van der Waals surface area (Å²) in [7, 11) is 2.09. The molecule has 0 fully saturated rings. The number of hydrogen-bond acceptors (Lipinski definition) is 1. The van der Waals surface area contributed by atoms with Gasteiger partial charge in [-0.1, -0.05) is 45.4 Å². The molecule has 0 unspecified atom stereocenters. The van der Waals surface area contributed by atoms with Gasteiger partial charge in [0.25, 0.3) is 0 Å². The highest BCUT2D eigenvalue weighted by Gasteiger charge is 2.24. The molecule has 0 aliphatic carbocycles. The lowest BCUT2D eigenvalue weighted by molar-refractivity contribution is 0.444. The highest BCUT2D eigenvalue weighted by Crippen LogP contribution is 2.34. The lowest BCUT2D eigenvalue weighted by Crippen LogP contribution is -2.27. The molecule has 0 atom stereocenters. The van der Waals surface area contributed by atoms with E-state index in [2.05, 4.69) is 56.9 Å². The Hall–Kier alpha value is -0.990. The van der Waals surface area contributed by atoms with Gasteiger partial charge in [0.05, 0.1) is 0 Å². The Bertz CT molecular complexity index is 611. The van der Waals surface area contributed by atoms with Crippen LogP contribution in [0.5, 0.6) is 0 Å². The molecule has 2 nitrogen and oxygen atoms in total. The molecule has 0 aliphatic rings. The third-order valence-electron chi connectivity index (χ3n) is 4.16. The first-order valence-electron chi connectivity index (χ1n) is 7.77. The molecule has 0 aliphatic heterocycles. The van der Waals surface area contributed by atoms with Crippen LogP contribution in [-0.4, -0.2) is 17.7 Å². The van der Waals surface area contributed by atoms with Crippen molar-refractivity contribution in [3.63, 3.8) is 0 Å². The Labute approximate surface area is 133 Å². The first-order chi connectivity index (χ1) is 9.81. The third-order valence-corrected chi connectivity index (χ3v) is 4.40. The minimum absolute atomic E-state index is 0.150. The monoisotopic (exact) mass is 306 g/mol. The summed E-state index contributed by atoms with van der Waals surface area (Å²) in [5.74, 6) is 0.702. The first-order valence-corrected chi connectivity index (χ1v) is 8.15. The molecule has 1 heterocycles. The summed E-state index contributed by atoms with van der Waals surface area (Å²) in [5, 5.41) is 5.66. The van der Waals surface area contributed by atoms with E-state index in [0.29, 0.717) is 5.92 Å². The Balaban J connectivity index is 2.20. The van der Waals surface area contributed by atoms with E-state index in [1.807, 2.05) is 12.1 Å². The normalized spacial score (nSPS) is 12.5. The average Bonchev–Trinajstić information content (AvgIpc) is 2.73. The number of rotatable bonds is 6. The molecule has 3 heteroatoms. The molecular weight excluding hydrogens is 280 g/mol. The zero-order valence-corrected chi connectivity index (χ0v) is 14.6. The van der Waals surface area contributed by atoms with E-state index in [4.69, 9.17) is 11.6 Å². The summed E-state index contributed by atoms with van der Waals surface area (Å²) in [6, 6.07) is 6.18. The van der Waals surface area contributed by atoms with Crippen molar-refractivity contribution in [3.8, 4) is 0 Å². The second-order valence-electron chi connectivity index (χ2n) is 7.05. The number of hydrogen-bond donors (Lipinski definition) is 1. The van der Waals surface area contributed by atoms with Crippen molar-refractivity contribution in [1.82, 2.24) is 9.88 Å². The number of halogens is 1. The van der Waals surface area contributed by atoms with Crippen LogP contribution in [0.4, 0.5) is 0 Å². The molecular formula is C18H27ClN2. The van der Waals surface area contributed by atoms with E-state index in [1.165, 1.54) is 16.5 Å². The molecule has 21 heavy (non-hydrogen) atoms. The zero-order valence-electron chi connectivity index (χ0n) is 13.8. The van der Waals surface area contributed by atoms with Crippen molar-refractivity contribution in [3.05, 3.63) is 35.0 Å². The van der Waals surface area contributed by atoms with Crippen LogP contribution in [0.3, 0.4) is 0 Å². The molecule has 0 radical (unpaired) electrons. The van der Waals surface area contributed by atoms with Crippen LogP contribution in [0.25, 0.3) is 10.9 Å². The number of fused-ring (bicyclic) bond motifs is 1. The number of aryl methyl sites for hydroxylation is 1. The standard InChI is InChI=1S/C18H27ClN2/c1-13(2)11-20-9-8-18(3,4)16-12-21(5)17-10-14(19)6-7-15(16)17/h6-7,10,12-13,20H,8-9,11H2,1-5H3. The van der Waals surface area contributed by atoms with Gasteiger partial charge in [-0.25, -0.2) is 0 Å². The minimum Gasteiger partial charge on any atom is -0.350 e. The topological polar surface area (TPSA) is 17.0 Å². The fourth-order valence-electron chi connectivity index (χ4n) is 2.82. The summed E-state index contributed by atoms with van der Waals surface area (Å²) in [5.41, 5.74) is 2.76. The minimum atomic E-state index is 0.150. The predicted octanol–water partition coefficient (Wildman–Crippen LogP) is 4.75. The van der Waals surface area contributed by atoms with Crippen LogP contribution in [0.15, 0.2) is 24.4 Å². The SMILES string of the molecule is CC(C)CNCCC(C)(C)c1cn(C)c2cc(Cl)ccc12. The second-order valence-corrected chi connectivity index (χ2v) is 7.48. The maximum atomic E-state index is 6.12. The van der Waals surface area contributed by atoms with E-state index in [9.17, 15) is 0 Å². The number of nitrogens with zero attached hydrogens (tertiary/aromatic N) is 1. The third kappa shape index (κ3) is 3.81. The summed E-state index contributed by atoms with van der Waals surface area (Å²) in [6.07, 6.45) is 3.38. The van der Waals surface area contributed by atoms with Crippen molar-refractivity contribution >= 4 is 22.5 Å². The van der Waals surface area contributed by atoms with Crippen LogP contribution in [-0.2, 0) is 12.5 Å². The van der Waals surface area contributed by atoms with Gasteiger partial charge in [-0.3, -0.25) is 0 Å². The molecule has 116 valence electrons. The van der Waals surface area contributed by atoms with Crippen molar-refractivity contribution in [2.75, 3.05) is 13.1 Å². The van der Waals surface area contributed by atoms with E-state index < -0.39 is 0 Å². The molecule has 0 spiro atoms. The lowest BCUT2D eigenvalue weighted by atomic mass is 9.81. The van der Waals surface area contributed by atoms with E-state index in [-0.39, 0.29) is 5.41 Å². The Morgan fingerprint density at radius 3 is 2.67 bits per heavy atom. The highest BCUT2D eigenvalue weighted by molar-refractivity contribution is 6.31. The van der Waals surface area contributed by atoms with Gasteiger partial charge >= 0.3 is 0 Å². The molecule has 0 saturated carbocycles. The van der Waals surface area contributed by atoms with E-state index in [0.717, 1.165) is 24.5 Å². The Kier molecular flexibility index (Phi) is 5.00. The zero-order chi connectivity index (χ0) is 15.6. The van der Waals surface area contributed by atoms with Gasteiger partial charge in [0, 0.05) is 29.2 Å². The Morgan fingerprint density at radius 2 is 2.00 bits per heavy atom. The molecule has 2 aromatic rings. The molecule has 1 aromatic heterocycles. The van der Waals surface area contributed by atoms with Crippen LogP contribution in [0.2, 0.25) is 5.02 Å². The summed E-state index contributed by atoms with van der Waals surface area (Å²) in [4.78, 5) is 0. The molecule has 0 saturated heterocycles. The highest BCUT2D eigenvalue weighted by atomic mass is 35.5. The van der Waals surface area contributed by atoms with Crippen LogP contribution < -0.4 is 5.32 Å². The van der Waals surface area contributed by atoms with Crippen molar-refractivity contribution in [2.24, 2.45) is 13.0 Å². The average molecular weight is 307 g/mol. The van der Waals surface area contributed by atoms with Gasteiger partial charge in [-0.2, -0.15) is 0 Å². The Morgan fingerprint density at radius 1 is 1.29 bits per heavy atom. The van der Waals surface area contributed by atoms with Crippen LogP contribution >= 0.6 is 11.6 Å². The number of benzene rings is 1. The number of aromatic nitrogens is 1. The van der Waals surface area contributed by atoms with Crippen molar-refractivity contribution in [1.29, 1.82) is 0 Å². The van der Waals surface area contributed by atoms with Gasteiger partial charge in [0.1, 0.15) is 0 Å². The van der Waals surface area contributed by atoms with Gasteiger partial charge < -0.3 is 9.88 Å². The summed E-state index contributed by atoms with van der Waals surface area (Å²) in [6.45, 7) is 11.3. The quantitative estimate of drug-likeness (QED) is 0.762. The summed E-state index contributed by atoms with van der Waals surface area (Å²) < 4.78 is 2.18. The molecule has 1 N–H and O–H groups in total. The van der Waals surface area contributed by atoms with Crippen molar-refractivity contribution in [2.45, 2.75) is 39.5 Å². The maximum absolute atomic E-state index is 6.12. The fraction of sp³-hybridized carbons (Fsp3) is 0.556. The van der Waals surface area contributed by atoms with Gasteiger partial charge in [-0.15, -0.1) is 0 Å². The van der Waals surface area contributed by atoms with Gasteiger partial charge in [0.15, 0.2) is 0 Å². The van der Waals surface area contributed by atoms with Crippen LogP contribution in [0.1, 0.15) is 39.7 Å². The van der Waals surface area contributed by atoms with Gasteiger partial charge in [-0.05, 0) is 48.5 Å². The summed E-state index contributed by atoms with van der Waals surface area (Å²) >= 11 is 6.12. The van der Waals surface area contributed by atoms with Crippen LogP contribution in [0, 0.1) is 5.92 Å². The van der Waals surface area contributed by atoms with E-state index >= 15 is 0 Å². The van der Waals surface area contributed by atoms with Crippen molar-refractivity contribution < 1.29 is 0 Å². The molecule has 0 amide bonds. The predicted molar refractivity (Wildman–Crippen MR) is 93.3 cm³/mol. The number of nitrogens with one attached hydrogen (secondary N) is 1. The largest absolute Gasteiger partial charge is 0.350 e. The maximum Gasteiger partial charge on any atom is 0.0495 e. The first kappa shape index (κ1) is 16.4. The molecule has 2 rings (SSSR count). The lowest BCUT2D eigenvalue weighted by Gasteiger charge is -2.25.